The molecule has 0 bridgehead atoms. The van der Waals surface area contributed by atoms with E-state index in [1.807, 2.05) is 0 Å². The van der Waals surface area contributed by atoms with Crippen molar-refractivity contribution in [1.82, 2.24) is 4.72 Å². The van der Waals surface area contributed by atoms with Crippen molar-refractivity contribution in [3.8, 4) is 0 Å². The van der Waals surface area contributed by atoms with E-state index in [-0.39, 0.29) is 20.1 Å². The summed E-state index contributed by atoms with van der Waals surface area (Å²) in [5.74, 6) is 0. The predicted molar refractivity (Wildman–Crippen MR) is 79.6 cm³/mol. The fourth-order valence-electron chi connectivity index (χ4n) is 1.27. The molecule has 0 fully saturated rings. The number of rotatable bonds is 4. The number of aliphatic hydroxyl groups is 1. The summed E-state index contributed by atoms with van der Waals surface area (Å²) in [5, 5.41) is 9.80. The molecule has 4 N–H and O–H groups in total. The molecule has 5 nitrogen and oxygen atoms in total. The SMILES string of the molecule is CC(O)C(C)(C)NS(=O)(=O)c1cc(Cl)cc(N)c1Br. The first-order chi connectivity index (χ1) is 8.47. The van der Waals surface area contributed by atoms with Crippen LogP contribution in [0.1, 0.15) is 20.8 Å². The lowest BCUT2D eigenvalue weighted by Gasteiger charge is -2.29. The summed E-state index contributed by atoms with van der Waals surface area (Å²) in [5.41, 5.74) is 4.88. The molecule has 0 aliphatic carbocycles. The summed E-state index contributed by atoms with van der Waals surface area (Å²) in [6, 6.07) is 2.74. The Labute approximate surface area is 126 Å². The maximum absolute atomic E-state index is 12.3. The van der Waals surface area contributed by atoms with Crippen LogP contribution >= 0.6 is 27.5 Å². The number of nitrogens with one attached hydrogen (secondary N) is 1. The van der Waals surface area contributed by atoms with Gasteiger partial charge in [-0.2, -0.15) is 0 Å². The number of anilines is 1. The number of halogens is 2. The second-order valence-electron chi connectivity index (χ2n) is 4.81. The Morgan fingerprint density at radius 1 is 1.47 bits per heavy atom. The third-order valence-corrected chi connectivity index (χ3v) is 5.83. The molecule has 0 heterocycles. The van der Waals surface area contributed by atoms with E-state index in [0.29, 0.717) is 0 Å². The van der Waals surface area contributed by atoms with Gasteiger partial charge in [-0.15, -0.1) is 0 Å². The second-order valence-corrected chi connectivity index (χ2v) is 7.69. The highest BCUT2D eigenvalue weighted by Gasteiger charge is 2.32. The number of sulfonamides is 1. The molecule has 0 radical (unpaired) electrons. The van der Waals surface area contributed by atoms with Crippen molar-refractivity contribution in [1.29, 1.82) is 0 Å². The van der Waals surface area contributed by atoms with Crippen molar-refractivity contribution in [2.75, 3.05) is 5.73 Å². The zero-order valence-corrected chi connectivity index (χ0v) is 13.9. The molecule has 0 saturated heterocycles. The van der Waals surface area contributed by atoms with Crippen LogP contribution in [0.25, 0.3) is 0 Å². The summed E-state index contributed by atoms with van der Waals surface area (Å²) in [7, 11) is -3.86. The highest BCUT2D eigenvalue weighted by atomic mass is 79.9. The van der Waals surface area contributed by atoms with Gasteiger partial charge in [-0.05, 0) is 48.8 Å². The smallest absolute Gasteiger partial charge is 0.242 e. The van der Waals surface area contributed by atoms with E-state index in [1.165, 1.54) is 19.1 Å². The average molecular weight is 372 g/mol. The Bertz CT molecular complexity index is 588. The molecule has 1 aromatic carbocycles. The van der Waals surface area contributed by atoms with Crippen LogP contribution in [0.15, 0.2) is 21.5 Å². The molecule has 0 amide bonds. The van der Waals surface area contributed by atoms with E-state index in [0.717, 1.165) is 0 Å². The number of aliphatic hydroxyl groups excluding tert-OH is 1. The normalized spacial score (nSPS) is 14.4. The summed E-state index contributed by atoms with van der Waals surface area (Å²) in [6.45, 7) is 4.66. The van der Waals surface area contributed by atoms with Gasteiger partial charge in [-0.1, -0.05) is 11.6 Å². The minimum atomic E-state index is -3.86. The number of nitrogen functional groups attached to an aromatic ring is 1. The van der Waals surface area contributed by atoms with Crippen LogP contribution in [0.3, 0.4) is 0 Å². The van der Waals surface area contributed by atoms with Crippen LogP contribution in [0.2, 0.25) is 5.02 Å². The molecule has 19 heavy (non-hydrogen) atoms. The summed E-state index contributed by atoms with van der Waals surface area (Å²) in [4.78, 5) is -0.0637. The Balaban J connectivity index is 3.30. The van der Waals surface area contributed by atoms with E-state index in [9.17, 15) is 13.5 Å². The van der Waals surface area contributed by atoms with Crippen LogP contribution < -0.4 is 10.5 Å². The van der Waals surface area contributed by atoms with Gasteiger partial charge < -0.3 is 10.8 Å². The third kappa shape index (κ3) is 3.82. The third-order valence-electron chi connectivity index (χ3n) is 2.76. The van der Waals surface area contributed by atoms with E-state index in [4.69, 9.17) is 17.3 Å². The van der Waals surface area contributed by atoms with Gasteiger partial charge in [0.2, 0.25) is 10.0 Å². The van der Waals surface area contributed by atoms with E-state index < -0.39 is 21.7 Å². The van der Waals surface area contributed by atoms with Gasteiger partial charge in [0, 0.05) is 10.7 Å². The molecule has 0 spiro atoms. The Morgan fingerprint density at radius 3 is 2.47 bits per heavy atom. The van der Waals surface area contributed by atoms with Crippen molar-refractivity contribution in [3.63, 3.8) is 0 Å². The van der Waals surface area contributed by atoms with Crippen molar-refractivity contribution >= 4 is 43.2 Å². The topological polar surface area (TPSA) is 92.4 Å². The molecule has 1 rings (SSSR count). The zero-order valence-electron chi connectivity index (χ0n) is 10.7. The van der Waals surface area contributed by atoms with Crippen LogP contribution in [0.5, 0.6) is 0 Å². The first kappa shape index (κ1) is 16.7. The number of nitrogens with two attached hydrogens (primary N) is 1. The summed E-state index contributed by atoms with van der Waals surface area (Å²) < 4.78 is 27.3. The van der Waals surface area contributed by atoms with E-state index in [1.54, 1.807) is 13.8 Å². The molecule has 8 heteroatoms. The molecule has 1 atom stereocenters. The molecular weight excluding hydrogens is 356 g/mol. The molecule has 0 aliphatic rings. The summed E-state index contributed by atoms with van der Waals surface area (Å²) in [6.07, 6.45) is -0.863. The van der Waals surface area contributed by atoms with Gasteiger partial charge in [0.25, 0.3) is 0 Å². The number of hydrogen-bond donors (Lipinski definition) is 3. The first-order valence-electron chi connectivity index (χ1n) is 5.44. The fraction of sp³-hybridized carbons (Fsp3) is 0.455. The van der Waals surface area contributed by atoms with Crippen molar-refractivity contribution < 1.29 is 13.5 Å². The van der Waals surface area contributed by atoms with Crippen LogP contribution in [0, 0.1) is 0 Å². The van der Waals surface area contributed by atoms with Gasteiger partial charge in [0.15, 0.2) is 0 Å². The zero-order chi connectivity index (χ0) is 15.0. The standard InChI is InChI=1S/C11H16BrClN2O3S/c1-6(16)11(2,3)15-19(17,18)9-5-7(13)4-8(14)10(9)12/h4-6,15-16H,14H2,1-3H3. The highest BCUT2D eigenvalue weighted by molar-refractivity contribution is 9.10. The van der Waals surface area contributed by atoms with E-state index in [2.05, 4.69) is 20.7 Å². The van der Waals surface area contributed by atoms with Crippen molar-refractivity contribution in [3.05, 3.63) is 21.6 Å². The molecule has 0 aromatic heterocycles. The van der Waals surface area contributed by atoms with Gasteiger partial charge in [0.05, 0.1) is 21.0 Å². The quantitative estimate of drug-likeness (QED) is 0.707. The maximum atomic E-state index is 12.3. The number of hydrogen-bond acceptors (Lipinski definition) is 4. The highest BCUT2D eigenvalue weighted by Crippen LogP contribution is 2.32. The average Bonchev–Trinajstić information content (AvgIpc) is 2.21. The molecule has 108 valence electrons. The first-order valence-corrected chi connectivity index (χ1v) is 8.09. The minimum Gasteiger partial charge on any atom is -0.398 e. The Hall–Kier alpha value is -0.340. The van der Waals surface area contributed by atoms with Crippen LogP contribution in [-0.2, 0) is 10.0 Å². The second kappa shape index (κ2) is 5.57. The maximum Gasteiger partial charge on any atom is 0.242 e. The van der Waals surface area contributed by atoms with Gasteiger partial charge >= 0.3 is 0 Å². The summed E-state index contributed by atoms with van der Waals surface area (Å²) >= 11 is 8.95. The van der Waals surface area contributed by atoms with E-state index >= 15 is 0 Å². The lowest BCUT2D eigenvalue weighted by molar-refractivity contribution is 0.111. The van der Waals surface area contributed by atoms with Gasteiger partial charge in [-0.25, -0.2) is 13.1 Å². The monoisotopic (exact) mass is 370 g/mol. The predicted octanol–water partition coefficient (Wildman–Crippen LogP) is 2.12. The van der Waals surface area contributed by atoms with Crippen molar-refractivity contribution in [2.45, 2.75) is 37.3 Å². The minimum absolute atomic E-state index is 0.0637. The van der Waals surface area contributed by atoms with Gasteiger partial charge in [-0.3, -0.25) is 0 Å². The largest absolute Gasteiger partial charge is 0.398 e. The fourth-order valence-corrected chi connectivity index (χ4v) is 4.04. The lowest BCUT2D eigenvalue weighted by atomic mass is 10.0. The molecule has 1 unspecified atom stereocenters. The number of benzene rings is 1. The molecular formula is C11H16BrClN2O3S. The molecule has 0 aliphatic heterocycles. The van der Waals surface area contributed by atoms with Gasteiger partial charge in [0.1, 0.15) is 0 Å². The van der Waals surface area contributed by atoms with Crippen LogP contribution in [-0.4, -0.2) is 25.2 Å². The Kier molecular flexibility index (Phi) is 4.90. The lowest BCUT2D eigenvalue weighted by Crippen LogP contribution is -2.50. The Morgan fingerprint density at radius 2 is 2.00 bits per heavy atom. The van der Waals surface area contributed by atoms with Crippen LogP contribution in [0.4, 0.5) is 5.69 Å². The molecule has 1 aromatic rings. The molecule has 0 saturated carbocycles. The van der Waals surface area contributed by atoms with Crippen molar-refractivity contribution in [2.24, 2.45) is 0 Å².